The van der Waals surface area contributed by atoms with Gasteiger partial charge in [0.1, 0.15) is 0 Å². The number of piperazine rings is 1. The first-order valence-corrected chi connectivity index (χ1v) is 11.7. The number of nitrogens with zero attached hydrogens (tertiary/aromatic N) is 5. The van der Waals surface area contributed by atoms with Gasteiger partial charge in [0.2, 0.25) is 11.8 Å². The maximum Gasteiger partial charge on any atom is 0.242 e. The Bertz CT molecular complexity index is 1050. The third kappa shape index (κ3) is 4.60. The topological polar surface area (TPSA) is 63.5 Å². The van der Waals surface area contributed by atoms with Gasteiger partial charge in [0.15, 0.2) is 5.65 Å². The van der Waals surface area contributed by atoms with E-state index in [9.17, 15) is 4.79 Å². The molecule has 0 aromatic carbocycles. The smallest absolute Gasteiger partial charge is 0.242 e. The van der Waals surface area contributed by atoms with Crippen LogP contribution in [0.25, 0.3) is 11.0 Å². The summed E-state index contributed by atoms with van der Waals surface area (Å²) >= 11 is 1.82. The summed E-state index contributed by atoms with van der Waals surface area (Å²) in [4.78, 5) is 23.5. The number of aromatic nitrogens is 3. The number of hydrogen-bond acceptors (Lipinski definition) is 6. The van der Waals surface area contributed by atoms with Crippen LogP contribution in [0.1, 0.15) is 28.1 Å². The standard InChI is InChI=1S/C23H31N5O2S/c1-16-19(17(2)24-22-21(16)23(30-4)25-26(22)3)7-8-20(29)28-13-11-27(12-14-28)10-9-18-6-5-15-31-18/h5-6,15H,7-14H2,1-4H3. The van der Waals surface area contributed by atoms with Gasteiger partial charge in [0, 0.05) is 56.8 Å². The van der Waals surface area contributed by atoms with Crippen LogP contribution in [-0.4, -0.2) is 70.3 Å². The van der Waals surface area contributed by atoms with Crippen molar-refractivity contribution in [2.45, 2.75) is 33.1 Å². The first kappa shape index (κ1) is 21.8. The molecule has 0 atom stereocenters. The molecule has 3 aromatic rings. The van der Waals surface area contributed by atoms with Gasteiger partial charge in [-0.15, -0.1) is 16.4 Å². The molecule has 1 aliphatic heterocycles. The molecule has 7 nitrogen and oxygen atoms in total. The molecule has 166 valence electrons. The number of rotatable bonds is 7. The average molecular weight is 442 g/mol. The number of hydrogen-bond donors (Lipinski definition) is 0. The Hall–Kier alpha value is -2.45. The summed E-state index contributed by atoms with van der Waals surface area (Å²) in [5, 5.41) is 7.49. The second-order valence-corrected chi connectivity index (χ2v) is 9.22. The van der Waals surface area contributed by atoms with Crippen LogP contribution in [0.3, 0.4) is 0 Å². The van der Waals surface area contributed by atoms with E-state index < -0.39 is 0 Å². The number of amides is 1. The van der Waals surface area contributed by atoms with Crippen molar-refractivity contribution in [3.8, 4) is 5.88 Å². The van der Waals surface area contributed by atoms with Crippen molar-refractivity contribution in [1.29, 1.82) is 0 Å². The van der Waals surface area contributed by atoms with Crippen molar-refractivity contribution in [3.05, 3.63) is 39.2 Å². The van der Waals surface area contributed by atoms with E-state index in [2.05, 4.69) is 34.4 Å². The van der Waals surface area contributed by atoms with Crippen LogP contribution in [0.15, 0.2) is 17.5 Å². The van der Waals surface area contributed by atoms with Gasteiger partial charge in [-0.2, -0.15) is 0 Å². The first-order chi connectivity index (χ1) is 15.0. The second kappa shape index (κ2) is 9.36. The molecule has 0 aliphatic carbocycles. The zero-order valence-corrected chi connectivity index (χ0v) is 19.7. The molecule has 4 heterocycles. The largest absolute Gasteiger partial charge is 0.479 e. The Morgan fingerprint density at radius 1 is 1.19 bits per heavy atom. The molecule has 3 aromatic heterocycles. The van der Waals surface area contributed by atoms with E-state index in [-0.39, 0.29) is 5.91 Å². The third-order valence-corrected chi connectivity index (χ3v) is 7.22. The van der Waals surface area contributed by atoms with Gasteiger partial charge in [0.05, 0.1) is 12.5 Å². The van der Waals surface area contributed by atoms with Crippen molar-refractivity contribution in [3.63, 3.8) is 0 Å². The third-order valence-electron chi connectivity index (χ3n) is 6.28. The predicted octanol–water partition coefficient (Wildman–Crippen LogP) is 2.97. The van der Waals surface area contributed by atoms with Gasteiger partial charge in [-0.3, -0.25) is 9.69 Å². The second-order valence-electron chi connectivity index (χ2n) is 8.18. The Morgan fingerprint density at radius 2 is 1.97 bits per heavy atom. The summed E-state index contributed by atoms with van der Waals surface area (Å²) in [6.07, 6.45) is 2.29. The molecule has 31 heavy (non-hydrogen) atoms. The summed E-state index contributed by atoms with van der Waals surface area (Å²) < 4.78 is 7.20. The monoisotopic (exact) mass is 441 g/mol. The zero-order valence-electron chi connectivity index (χ0n) is 18.8. The van der Waals surface area contributed by atoms with E-state index in [0.717, 1.165) is 67.0 Å². The maximum absolute atomic E-state index is 12.9. The van der Waals surface area contributed by atoms with Gasteiger partial charge < -0.3 is 9.64 Å². The fourth-order valence-corrected chi connectivity index (χ4v) is 5.14. The summed E-state index contributed by atoms with van der Waals surface area (Å²) in [5.74, 6) is 0.823. The maximum atomic E-state index is 12.9. The number of pyridine rings is 1. The number of carbonyl (C=O) groups is 1. The van der Waals surface area contributed by atoms with E-state index in [0.29, 0.717) is 18.7 Å². The molecule has 0 bridgehead atoms. The Kier molecular flexibility index (Phi) is 6.57. The van der Waals surface area contributed by atoms with Crippen molar-refractivity contribution in [1.82, 2.24) is 24.6 Å². The summed E-state index contributed by atoms with van der Waals surface area (Å²) in [6, 6.07) is 4.30. The zero-order chi connectivity index (χ0) is 22.0. The molecule has 1 amide bonds. The van der Waals surface area contributed by atoms with Crippen molar-refractivity contribution < 1.29 is 9.53 Å². The van der Waals surface area contributed by atoms with Crippen molar-refractivity contribution in [2.75, 3.05) is 39.8 Å². The molecule has 0 spiro atoms. The molecule has 8 heteroatoms. The highest BCUT2D eigenvalue weighted by molar-refractivity contribution is 7.09. The molecule has 0 N–H and O–H groups in total. The molecule has 1 fully saturated rings. The van der Waals surface area contributed by atoms with Gasteiger partial charge in [-0.1, -0.05) is 6.07 Å². The van der Waals surface area contributed by atoms with Gasteiger partial charge in [-0.05, 0) is 49.3 Å². The van der Waals surface area contributed by atoms with E-state index >= 15 is 0 Å². The van der Waals surface area contributed by atoms with Crippen LogP contribution in [0.2, 0.25) is 0 Å². The molecule has 1 saturated heterocycles. The predicted molar refractivity (Wildman–Crippen MR) is 124 cm³/mol. The van der Waals surface area contributed by atoms with E-state index in [1.807, 2.05) is 30.2 Å². The van der Waals surface area contributed by atoms with Crippen LogP contribution < -0.4 is 4.74 Å². The number of methoxy groups -OCH3 is 1. The highest BCUT2D eigenvalue weighted by atomic mass is 32.1. The normalized spacial score (nSPS) is 15.0. The minimum atomic E-state index is 0.231. The first-order valence-electron chi connectivity index (χ1n) is 10.9. The minimum absolute atomic E-state index is 0.231. The van der Waals surface area contributed by atoms with E-state index in [1.165, 1.54) is 4.88 Å². The van der Waals surface area contributed by atoms with Crippen LogP contribution in [0.5, 0.6) is 5.88 Å². The van der Waals surface area contributed by atoms with Crippen LogP contribution in [-0.2, 0) is 24.7 Å². The molecule has 4 rings (SSSR count). The lowest BCUT2D eigenvalue weighted by Gasteiger charge is -2.34. The van der Waals surface area contributed by atoms with Crippen LogP contribution in [0, 0.1) is 13.8 Å². The summed E-state index contributed by atoms with van der Waals surface area (Å²) in [5.41, 5.74) is 4.02. The quantitative estimate of drug-likeness (QED) is 0.564. The Labute approximate surface area is 187 Å². The average Bonchev–Trinajstić information content (AvgIpc) is 3.40. The lowest BCUT2D eigenvalue weighted by Crippen LogP contribution is -2.49. The van der Waals surface area contributed by atoms with Crippen LogP contribution in [0.4, 0.5) is 0 Å². The van der Waals surface area contributed by atoms with Crippen molar-refractivity contribution in [2.24, 2.45) is 7.05 Å². The van der Waals surface area contributed by atoms with E-state index in [4.69, 9.17) is 9.72 Å². The lowest BCUT2D eigenvalue weighted by atomic mass is 10.00. The summed E-state index contributed by atoms with van der Waals surface area (Å²) in [7, 11) is 3.50. The number of thiophene rings is 1. The molecular formula is C23H31N5O2S. The molecule has 0 unspecified atom stereocenters. The Balaban J connectivity index is 1.34. The number of fused-ring (bicyclic) bond motifs is 1. The van der Waals surface area contributed by atoms with Gasteiger partial charge in [-0.25, -0.2) is 9.67 Å². The number of aryl methyl sites for hydroxylation is 3. The molecule has 1 aliphatic rings. The highest BCUT2D eigenvalue weighted by Gasteiger charge is 2.22. The fraction of sp³-hybridized carbons (Fsp3) is 0.522. The van der Waals surface area contributed by atoms with Gasteiger partial charge >= 0.3 is 0 Å². The minimum Gasteiger partial charge on any atom is -0.479 e. The van der Waals surface area contributed by atoms with Crippen molar-refractivity contribution >= 4 is 28.3 Å². The van der Waals surface area contributed by atoms with E-state index in [1.54, 1.807) is 11.8 Å². The Morgan fingerprint density at radius 3 is 2.65 bits per heavy atom. The number of ether oxygens (including phenoxy) is 1. The SMILES string of the molecule is COc1nn(C)c2nc(C)c(CCC(=O)N3CCN(CCc4cccs4)CC3)c(C)c12. The number of carbonyl (C=O) groups excluding carboxylic acids is 1. The van der Waals surface area contributed by atoms with Crippen LogP contribution >= 0.6 is 11.3 Å². The molecule has 0 radical (unpaired) electrons. The molecule has 0 saturated carbocycles. The fourth-order valence-electron chi connectivity index (χ4n) is 4.44. The molecular weight excluding hydrogens is 410 g/mol. The summed E-state index contributed by atoms with van der Waals surface area (Å²) in [6.45, 7) is 8.69. The van der Waals surface area contributed by atoms with Gasteiger partial charge in [0.25, 0.3) is 0 Å². The lowest BCUT2D eigenvalue weighted by molar-refractivity contribution is -0.132. The highest BCUT2D eigenvalue weighted by Crippen LogP contribution is 2.30.